The summed E-state index contributed by atoms with van der Waals surface area (Å²) in [6.07, 6.45) is 2.61. The molecule has 0 saturated heterocycles. The van der Waals surface area contributed by atoms with E-state index in [0.717, 1.165) is 0 Å². The molecule has 1 aromatic heterocycles. The number of carboxylic acid groups (broad SMARTS) is 2. The number of aromatic nitrogens is 3. The van der Waals surface area contributed by atoms with Crippen molar-refractivity contribution in [3.05, 3.63) is 12.4 Å². The lowest BCUT2D eigenvalue weighted by molar-refractivity contribution is -0.143. The molecule has 0 fully saturated rings. The lowest BCUT2D eigenvalue weighted by Crippen LogP contribution is -2.41. The molecule has 9 nitrogen and oxygen atoms in total. The number of carbonyl (C=O) groups excluding carboxylic acids is 1. The number of carbonyl (C=O) groups is 3. The Labute approximate surface area is 108 Å². The van der Waals surface area contributed by atoms with E-state index in [9.17, 15) is 14.4 Å². The molecule has 0 aromatic carbocycles. The second kappa shape index (κ2) is 7.09. The first-order valence-corrected chi connectivity index (χ1v) is 5.57. The second-order valence-corrected chi connectivity index (χ2v) is 3.81. The molecule has 9 heteroatoms. The number of aliphatic carboxylic acids is 2. The van der Waals surface area contributed by atoms with Gasteiger partial charge in [-0.15, -0.1) is 5.10 Å². The molecule has 19 heavy (non-hydrogen) atoms. The summed E-state index contributed by atoms with van der Waals surface area (Å²) in [7, 11) is 0. The van der Waals surface area contributed by atoms with Crippen LogP contribution >= 0.6 is 0 Å². The van der Waals surface area contributed by atoms with Crippen molar-refractivity contribution in [3.8, 4) is 0 Å². The fourth-order valence-electron chi connectivity index (χ4n) is 1.36. The molecule has 0 bridgehead atoms. The second-order valence-electron chi connectivity index (χ2n) is 3.81. The summed E-state index contributed by atoms with van der Waals surface area (Å²) < 4.78 is 1.44. The molecule has 0 radical (unpaired) electrons. The van der Waals surface area contributed by atoms with Gasteiger partial charge in [0.15, 0.2) is 0 Å². The number of hydrogen-bond acceptors (Lipinski definition) is 5. The number of nitrogens with one attached hydrogen (secondary N) is 1. The molecule has 1 aromatic rings. The van der Waals surface area contributed by atoms with Gasteiger partial charge < -0.3 is 15.5 Å². The standard InChI is InChI=1S/C10H14N4O5/c15-8(3-5-14-6-4-11-13-14)12-7(10(18)19)1-2-9(16)17/h4,6-7H,1-3,5H2,(H,12,15)(H,16,17)(H,18,19)/t7-/m0/s1. The van der Waals surface area contributed by atoms with Crippen molar-refractivity contribution < 1.29 is 24.6 Å². The summed E-state index contributed by atoms with van der Waals surface area (Å²) in [5.74, 6) is -2.84. The van der Waals surface area contributed by atoms with Gasteiger partial charge in [0, 0.05) is 19.0 Å². The van der Waals surface area contributed by atoms with E-state index in [1.54, 1.807) is 6.20 Å². The largest absolute Gasteiger partial charge is 0.481 e. The van der Waals surface area contributed by atoms with Crippen molar-refractivity contribution in [1.82, 2.24) is 20.3 Å². The van der Waals surface area contributed by atoms with Crippen LogP contribution in [0.4, 0.5) is 0 Å². The Kier molecular flexibility index (Phi) is 5.45. The minimum absolute atomic E-state index is 0.0419. The molecule has 0 saturated carbocycles. The highest BCUT2D eigenvalue weighted by Gasteiger charge is 2.20. The van der Waals surface area contributed by atoms with Crippen LogP contribution in [-0.2, 0) is 20.9 Å². The van der Waals surface area contributed by atoms with Crippen LogP contribution in [0, 0.1) is 0 Å². The molecule has 0 spiro atoms. The molecule has 1 heterocycles. The third-order valence-corrected chi connectivity index (χ3v) is 2.32. The van der Waals surface area contributed by atoms with Crippen molar-refractivity contribution in [1.29, 1.82) is 0 Å². The topological polar surface area (TPSA) is 134 Å². The normalized spacial score (nSPS) is 11.8. The molecule has 0 aliphatic rings. The summed E-state index contributed by atoms with van der Waals surface area (Å²) in [4.78, 5) is 32.7. The van der Waals surface area contributed by atoms with Gasteiger partial charge in [-0.1, -0.05) is 5.21 Å². The van der Waals surface area contributed by atoms with E-state index in [0.29, 0.717) is 0 Å². The van der Waals surface area contributed by atoms with Crippen molar-refractivity contribution >= 4 is 17.8 Å². The zero-order valence-corrected chi connectivity index (χ0v) is 10.0. The molecule has 0 aliphatic carbocycles. The predicted octanol–water partition coefficient (Wildman–Crippen LogP) is -0.898. The molecule has 0 unspecified atom stereocenters. The van der Waals surface area contributed by atoms with Crippen LogP contribution in [0.2, 0.25) is 0 Å². The van der Waals surface area contributed by atoms with E-state index in [4.69, 9.17) is 10.2 Å². The SMILES string of the molecule is O=C(O)CC[C@H](NC(=O)CCn1ccnn1)C(=O)O. The van der Waals surface area contributed by atoms with Gasteiger partial charge in [-0.25, -0.2) is 4.79 Å². The number of carboxylic acids is 2. The molecule has 3 N–H and O–H groups in total. The van der Waals surface area contributed by atoms with E-state index in [1.807, 2.05) is 0 Å². The Balaban J connectivity index is 2.38. The number of amides is 1. The first kappa shape index (κ1) is 14.6. The van der Waals surface area contributed by atoms with Gasteiger partial charge in [-0.05, 0) is 6.42 Å². The van der Waals surface area contributed by atoms with Gasteiger partial charge in [-0.3, -0.25) is 14.3 Å². The van der Waals surface area contributed by atoms with Gasteiger partial charge in [0.25, 0.3) is 0 Å². The average molecular weight is 270 g/mol. The Morgan fingerprint density at radius 3 is 2.53 bits per heavy atom. The van der Waals surface area contributed by atoms with Gasteiger partial charge in [0.1, 0.15) is 6.04 Å². The Hall–Kier alpha value is -2.45. The van der Waals surface area contributed by atoms with E-state index < -0.39 is 23.9 Å². The predicted molar refractivity (Wildman–Crippen MR) is 61.1 cm³/mol. The van der Waals surface area contributed by atoms with E-state index in [-0.39, 0.29) is 25.8 Å². The molecular weight excluding hydrogens is 256 g/mol. The van der Waals surface area contributed by atoms with Crippen LogP contribution in [0.5, 0.6) is 0 Å². The van der Waals surface area contributed by atoms with Crippen molar-refractivity contribution in [2.45, 2.75) is 31.8 Å². The van der Waals surface area contributed by atoms with E-state index in [1.165, 1.54) is 10.9 Å². The lowest BCUT2D eigenvalue weighted by atomic mass is 10.1. The smallest absolute Gasteiger partial charge is 0.326 e. The highest BCUT2D eigenvalue weighted by atomic mass is 16.4. The van der Waals surface area contributed by atoms with Crippen LogP contribution < -0.4 is 5.32 Å². The third kappa shape index (κ3) is 5.61. The van der Waals surface area contributed by atoms with E-state index in [2.05, 4.69) is 15.6 Å². The Morgan fingerprint density at radius 1 is 1.26 bits per heavy atom. The number of rotatable bonds is 8. The minimum atomic E-state index is -1.25. The summed E-state index contributed by atoms with van der Waals surface area (Å²) in [5.41, 5.74) is 0. The lowest BCUT2D eigenvalue weighted by Gasteiger charge is -2.13. The summed E-state index contributed by atoms with van der Waals surface area (Å²) in [6, 6.07) is -1.20. The maximum atomic E-state index is 11.5. The first-order chi connectivity index (χ1) is 8.99. The van der Waals surface area contributed by atoms with Gasteiger partial charge in [0.05, 0.1) is 12.7 Å². The molecule has 1 amide bonds. The Morgan fingerprint density at radius 2 is 2.00 bits per heavy atom. The minimum Gasteiger partial charge on any atom is -0.481 e. The van der Waals surface area contributed by atoms with Crippen LogP contribution in [0.1, 0.15) is 19.3 Å². The maximum absolute atomic E-state index is 11.5. The zero-order chi connectivity index (χ0) is 14.3. The van der Waals surface area contributed by atoms with Crippen LogP contribution in [0.25, 0.3) is 0 Å². The number of nitrogens with zero attached hydrogens (tertiary/aromatic N) is 3. The maximum Gasteiger partial charge on any atom is 0.326 e. The quantitative estimate of drug-likeness (QED) is 0.557. The molecule has 0 aliphatic heterocycles. The molecule has 1 rings (SSSR count). The van der Waals surface area contributed by atoms with Crippen molar-refractivity contribution in [3.63, 3.8) is 0 Å². The third-order valence-electron chi connectivity index (χ3n) is 2.32. The number of aryl methyl sites for hydroxylation is 1. The highest BCUT2D eigenvalue weighted by molar-refractivity contribution is 5.83. The average Bonchev–Trinajstić information content (AvgIpc) is 2.84. The molecular formula is C10H14N4O5. The van der Waals surface area contributed by atoms with Gasteiger partial charge in [0.2, 0.25) is 5.91 Å². The Bertz CT molecular complexity index is 445. The fourth-order valence-corrected chi connectivity index (χ4v) is 1.36. The first-order valence-electron chi connectivity index (χ1n) is 5.57. The summed E-state index contributed by atoms with van der Waals surface area (Å²) >= 11 is 0. The summed E-state index contributed by atoms with van der Waals surface area (Å²) in [6.45, 7) is 0.275. The molecule has 104 valence electrons. The number of hydrogen-bond donors (Lipinski definition) is 3. The summed E-state index contributed by atoms with van der Waals surface area (Å²) in [5, 5.41) is 26.8. The molecule has 1 atom stereocenters. The van der Waals surface area contributed by atoms with Gasteiger partial charge >= 0.3 is 11.9 Å². The van der Waals surface area contributed by atoms with Crippen molar-refractivity contribution in [2.75, 3.05) is 0 Å². The fraction of sp³-hybridized carbons (Fsp3) is 0.500. The highest BCUT2D eigenvalue weighted by Crippen LogP contribution is 1.99. The van der Waals surface area contributed by atoms with E-state index >= 15 is 0 Å². The van der Waals surface area contributed by atoms with Crippen molar-refractivity contribution in [2.24, 2.45) is 0 Å². The van der Waals surface area contributed by atoms with Crippen LogP contribution in [-0.4, -0.2) is 49.1 Å². The van der Waals surface area contributed by atoms with Crippen LogP contribution in [0.3, 0.4) is 0 Å². The van der Waals surface area contributed by atoms with Crippen LogP contribution in [0.15, 0.2) is 12.4 Å². The zero-order valence-electron chi connectivity index (χ0n) is 10.0. The van der Waals surface area contributed by atoms with Gasteiger partial charge in [-0.2, -0.15) is 0 Å². The monoisotopic (exact) mass is 270 g/mol.